The van der Waals surface area contributed by atoms with E-state index in [4.69, 9.17) is 9.47 Å². The van der Waals surface area contributed by atoms with E-state index in [-0.39, 0.29) is 12.3 Å². The topological polar surface area (TPSA) is 60.5 Å². The zero-order valence-corrected chi connectivity index (χ0v) is 18.9. The predicted molar refractivity (Wildman–Crippen MR) is 122 cm³/mol. The van der Waals surface area contributed by atoms with Crippen LogP contribution in [0.3, 0.4) is 0 Å². The summed E-state index contributed by atoms with van der Waals surface area (Å²) in [5.41, 5.74) is 2.70. The Hall–Kier alpha value is -2.16. The monoisotopic (exact) mass is 446 g/mol. The average molecular weight is 447 g/mol. The van der Waals surface area contributed by atoms with E-state index in [1.54, 1.807) is 49.1 Å². The van der Waals surface area contributed by atoms with Gasteiger partial charge in [-0.25, -0.2) is 4.98 Å². The van der Waals surface area contributed by atoms with Gasteiger partial charge >= 0.3 is 0 Å². The Morgan fingerprint density at radius 2 is 1.86 bits per heavy atom. The van der Waals surface area contributed by atoms with E-state index >= 15 is 0 Å². The molecule has 0 aliphatic carbocycles. The van der Waals surface area contributed by atoms with Crippen molar-refractivity contribution in [1.82, 2.24) is 4.98 Å². The van der Waals surface area contributed by atoms with Gasteiger partial charge in [0.1, 0.15) is 15.8 Å². The highest BCUT2D eigenvalue weighted by Crippen LogP contribution is 2.30. The Kier molecular flexibility index (Phi) is 7.85. The number of aromatic nitrogens is 1. The van der Waals surface area contributed by atoms with Crippen LogP contribution in [0.5, 0.6) is 11.5 Å². The Morgan fingerprint density at radius 1 is 1.14 bits per heavy atom. The summed E-state index contributed by atoms with van der Waals surface area (Å²) in [5.74, 6) is 2.21. The van der Waals surface area contributed by atoms with Gasteiger partial charge in [0.25, 0.3) is 0 Å². The summed E-state index contributed by atoms with van der Waals surface area (Å²) < 4.78 is 11.6. The molecule has 1 aromatic heterocycles. The second-order valence-electron chi connectivity index (χ2n) is 6.04. The molecule has 0 saturated heterocycles. The van der Waals surface area contributed by atoms with Crippen molar-refractivity contribution in [2.75, 3.05) is 25.8 Å². The first-order chi connectivity index (χ1) is 14.1. The van der Waals surface area contributed by atoms with Crippen LogP contribution in [0.25, 0.3) is 0 Å². The molecule has 3 aromatic rings. The minimum Gasteiger partial charge on any atom is -0.497 e. The number of carbonyl (C=O) groups is 1. The number of methoxy groups -OCH3 is 2. The van der Waals surface area contributed by atoms with E-state index < -0.39 is 0 Å². The zero-order valence-electron chi connectivity index (χ0n) is 16.4. The molecule has 0 atom stereocenters. The first-order valence-corrected chi connectivity index (χ1v) is 11.9. The molecule has 8 heteroatoms. The highest BCUT2D eigenvalue weighted by molar-refractivity contribution is 8.00. The maximum Gasteiger partial charge on any atom is 0.230 e. The lowest BCUT2D eigenvalue weighted by molar-refractivity contribution is -0.115. The van der Waals surface area contributed by atoms with Gasteiger partial charge in [0.15, 0.2) is 0 Å². The Balaban J connectivity index is 1.57. The van der Waals surface area contributed by atoms with Gasteiger partial charge in [0.05, 0.1) is 32.0 Å². The number of carbonyl (C=O) groups excluding carboxylic acids is 1. The molecule has 29 heavy (non-hydrogen) atoms. The molecule has 0 bridgehead atoms. The molecule has 0 fully saturated rings. The molecule has 0 aliphatic rings. The van der Waals surface area contributed by atoms with Gasteiger partial charge in [-0.3, -0.25) is 4.79 Å². The molecule has 0 radical (unpaired) electrons. The summed E-state index contributed by atoms with van der Waals surface area (Å²) in [6.45, 7) is 0. The number of amides is 1. The van der Waals surface area contributed by atoms with Crippen LogP contribution in [0.15, 0.2) is 57.1 Å². The highest BCUT2D eigenvalue weighted by Gasteiger charge is 2.11. The van der Waals surface area contributed by atoms with Crippen LogP contribution in [-0.2, 0) is 17.0 Å². The molecule has 5 nitrogen and oxygen atoms in total. The molecular weight excluding hydrogens is 424 g/mol. The second kappa shape index (κ2) is 10.6. The summed E-state index contributed by atoms with van der Waals surface area (Å²) in [5, 5.41) is 4.91. The fourth-order valence-electron chi connectivity index (χ4n) is 2.64. The summed E-state index contributed by atoms with van der Waals surface area (Å²) in [7, 11) is 3.28. The summed E-state index contributed by atoms with van der Waals surface area (Å²) in [6, 6.07) is 13.6. The molecule has 0 unspecified atom stereocenters. The van der Waals surface area contributed by atoms with Crippen LogP contribution >= 0.6 is 34.9 Å². The lowest BCUT2D eigenvalue weighted by atomic mass is 10.2. The Bertz CT molecular complexity index is 953. The number of para-hydroxylation sites is 1. The molecule has 3 rings (SSSR count). The third-order valence-electron chi connectivity index (χ3n) is 4.03. The number of rotatable bonds is 9. The molecular formula is C21H22N2O3S3. The van der Waals surface area contributed by atoms with Gasteiger partial charge in [0, 0.05) is 22.1 Å². The quantitative estimate of drug-likeness (QED) is 0.447. The summed E-state index contributed by atoms with van der Waals surface area (Å²) >= 11 is 4.79. The number of hydrogen-bond donors (Lipinski definition) is 1. The number of nitrogens with one attached hydrogen (secondary N) is 1. The van der Waals surface area contributed by atoms with Gasteiger partial charge in [-0.15, -0.1) is 23.1 Å². The highest BCUT2D eigenvalue weighted by atomic mass is 32.2. The molecule has 1 amide bonds. The lowest BCUT2D eigenvalue weighted by Gasteiger charge is -2.08. The van der Waals surface area contributed by atoms with Crippen molar-refractivity contribution in [3.63, 3.8) is 0 Å². The van der Waals surface area contributed by atoms with Crippen molar-refractivity contribution in [2.24, 2.45) is 0 Å². The first kappa shape index (κ1) is 21.5. The van der Waals surface area contributed by atoms with Crippen LogP contribution in [0.4, 0.5) is 5.69 Å². The van der Waals surface area contributed by atoms with Crippen molar-refractivity contribution < 1.29 is 14.3 Å². The normalized spacial score (nSPS) is 10.6. The van der Waals surface area contributed by atoms with Crippen molar-refractivity contribution in [3.8, 4) is 11.5 Å². The number of nitrogens with zero attached hydrogens (tertiary/aromatic N) is 1. The third-order valence-corrected chi connectivity index (χ3v) is 6.96. The zero-order chi connectivity index (χ0) is 20.6. The summed E-state index contributed by atoms with van der Waals surface area (Å²) in [6.07, 6.45) is 2.25. The van der Waals surface area contributed by atoms with Crippen molar-refractivity contribution in [3.05, 3.63) is 59.1 Å². The number of ether oxygens (including phenoxy) is 2. The molecule has 1 N–H and O–H groups in total. The van der Waals surface area contributed by atoms with E-state index in [0.29, 0.717) is 0 Å². The van der Waals surface area contributed by atoms with E-state index in [1.807, 2.05) is 54.1 Å². The van der Waals surface area contributed by atoms with Crippen molar-refractivity contribution in [2.45, 2.75) is 21.4 Å². The average Bonchev–Trinajstić information content (AvgIpc) is 3.19. The first-order valence-electron chi connectivity index (χ1n) is 8.83. The molecule has 0 spiro atoms. The molecule has 1 heterocycles. The second-order valence-corrected chi connectivity index (χ2v) is 8.97. The predicted octanol–water partition coefficient (Wildman–Crippen LogP) is 5.36. The van der Waals surface area contributed by atoms with Crippen LogP contribution in [0.1, 0.15) is 11.3 Å². The van der Waals surface area contributed by atoms with Gasteiger partial charge in [-0.05, 0) is 36.1 Å². The number of thiazole rings is 1. The maximum absolute atomic E-state index is 12.4. The van der Waals surface area contributed by atoms with E-state index in [0.717, 1.165) is 43.4 Å². The van der Waals surface area contributed by atoms with E-state index in [1.165, 1.54) is 0 Å². The van der Waals surface area contributed by atoms with Gasteiger partial charge in [0.2, 0.25) is 5.91 Å². The summed E-state index contributed by atoms with van der Waals surface area (Å²) in [4.78, 5) is 18.0. The fourth-order valence-corrected chi connectivity index (χ4v) is 4.97. The molecule has 152 valence electrons. The minimum atomic E-state index is -0.0640. The third kappa shape index (κ3) is 6.16. The van der Waals surface area contributed by atoms with Crippen LogP contribution in [0, 0.1) is 0 Å². The van der Waals surface area contributed by atoms with Crippen LogP contribution in [-0.4, -0.2) is 31.4 Å². The number of benzene rings is 2. The maximum atomic E-state index is 12.4. The SMILES string of the molecule is COc1cc(CSc2nc(CC(=O)Nc3ccccc3SC)cs2)cc(OC)c1. The van der Waals surface area contributed by atoms with Crippen molar-refractivity contribution in [1.29, 1.82) is 0 Å². The minimum absolute atomic E-state index is 0.0640. The fraction of sp³-hybridized carbons (Fsp3) is 0.238. The molecule has 0 saturated carbocycles. The number of hydrogen-bond acceptors (Lipinski definition) is 7. The number of anilines is 1. The molecule has 0 aliphatic heterocycles. The van der Waals surface area contributed by atoms with E-state index in [2.05, 4.69) is 10.3 Å². The number of thioether (sulfide) groups is 2. The largest absolute Gasteiger partial charge is 0.497 e. The lowest BCUT2D eigenvalue weighted by Crippen LogP contribution is -2.15. The smallest absolute Gasteiger partial charge is 0.230 e. The van der Waals surface area contributed by atoms with Gasteiger partial charge in [-0.1, -0.05) is 23.9 Å². The van der Waals surface area contributed by atoms with E-state index in [9.17, 15) is 4.79 Å². The Morgan fingerprint density at radius 3 is 2.55 bits per heavy atom. The van der Waals surface area contributed by atoms with Crippen LogP contribution < -0.4 is 14.8 Å². The van der Waals surface area contributed by atoms with Gasteiger partial charge in [-0.2, -0.15) is 0 Å². The van der Waals surface area contributed by atoms with Crippen LogP contribution in [0.2, 0.25) is 0 Å². The van der Waals surface area contributed by atoms with Crippen molar-refractivity contribution >= 4 is 46.5 Å². The van der Waals surface area contributed by atoms with Gasteiger partial charge < -0.3 is 14.8 Å². The Labute approximate surface area is 183 Å². The standard InChI is InChI=1S/C21H22N2O3S3/c1-25-16-8-14(9-17(11-16)26-2)12-28-21-22-15(13-29-21)10-20(24)23-18-6-4-5-7-19(18)27-3/h4-9,11,13H,10,12H2,1-3H3,(H,23,24). The molecule has 2 aromatic carbocycles.